The lowest BCUT2D eigenvalue weighted by atomic mass is 10.3. The summed E-state index contributed by atoms with van der Waals surface area (Å²) in [6, 6.07) is 0. The molecule has 0 aliphatic heterocycles. The highest BCUT2D eigenvalue weighted by atomic mass is 35.6. The highest BCUT2D eigenvalue weighted by Crippen LogP contribution is 1.89. The van der Waals surface area contributed by atoms with Crippen LogP contribution in [0.5, 0.6) is 0 Å². The Bertz CT molecular complexity index is 51.7. The molecule has 0 amide bonds. The Kier molecular flexibility index (Phi) is 5.93. The zero-order valence-electron chi connectivity index (χ0n) is 5.65. The maximum atomic E-state index is 5.65. The number of halogens is 1. The molecule has 0 atom stereocenters. The largest absolute Gasteiger partial charge is 0.319 e. The third-order valence-corrected chi connectivity index (χ3v) is 3.05. The van der Waals surface area contributed by atoms with Crippen molar-refractivity contribution in [3.63, 3.8) is 0 Å². The van der Waals surface area contributed by atoms with Gasteiger partial charge in [0.2, 0.25) is 0 Å². The second-order valence-electron chi connectivity index (χ2n) is 2.05. The Labute approximate surface area is 58.6 Å². The van der Waals surface area contributed by atoms with Crippen molar-refractivity contribution in [1.29, 1.82) is 0 Å². The van der Waals surface area contributed by atoms with Crippen LogP contribution in [0, 0.1) is 0 Å². The molecule has 0 aromatic carbocycles. The minimum atomic E-state index is -0.376. The monoisotopic (exact) mass is 151 g/mol. The van der Waals surface area contributed by atoms with Crippen LogP contribution < -0.4 is 0 Å². The predicted molar refractivity (Wildman–Crippen MR) is 41.9 cm³/mol. The first-order valence-electron chi connectivity index (χ1n) is 3.05. The lowest BCUT2D eigenvalue weighted by Crippen LogP contribution is -2.19. The summed E-state index contributed by atoms with van der Waals surface area (Å²) in [4.78, 5) is 0. The highest BCUT2D eigenvalue weighted by Gasteiger charge is 1.91. The molecular weight excluding hydrogens is 138 g/mol. The van der Waals surface area contributed by atoms with Crippen LogP contribution >= 0.6 is 11.1 Å². The van der Waals surface area contributed by atoms with Crippen molar-refractivity contribution in [2.75, 3.05) is 13.6 Å². The smallest absolute Gasteiger partial charge is 0.197 e. The van der Waals surface area contributed by atoms with Gasteiger partial charge in [0.25, 0.3) is 0 Å². The van der Waals surface area contributed by atoms with Crippen LogP contribution in [-0.4, -0.2) is 27.1 Å². The normalized spacial score (nSPS) is 12.0. The molecule has 0 saturated carbocycles. The Hall–Kier alpha value is 0.467. The molecule has 0 radical (unpaired) electrons. The van der Waals surface area contributed by atoms with Crippen LogP contribution in [0.15, 0.2) is 0 Å². The summed E-state index contributed by atoms with van der Waals surface area (Å²) in [7, 11) is 1.72. The Morgan fingerprint density at radius 3 is 2.62 bits per heavy atom. The van der Waals surface area contributed by atoms with Crippen LogP contribution in [0.4, 0.5) is 0 Å². The van der Waals surface area contributed by atoms with Crippen LogP contribution in [0.2, 0.25) is 0 Å². The SMILES string of the molecule is CCCCN(C)[SiH2]Cl. The Balaban J connectivity index is 2.86. The van der Waals surface area contributed by atoms with Gasteiger partial charge in [0.1, 0.15) is 0 Å². The molecule has 0 N–H and O–H groups in total. The van der Waals surface area contributed by atoms with E-state index in [-0.39, 0.29) is 8.99 Å². The zero-order chi connectivity index (χ0) is 6.41. The first-order valence-corrected chi connectivity index (χ1v) is 5.82. The fourth-order valence-corrected chi connectivity index (χ4v) is 1.19. The van der Waals surface area contributed by atoms with Gasteiger partial charge in [-0.2, -0.15) is 11.1 Å². The van der Waals surface area contributed by atoms with E-state index in [9.17, 15) is 0 Å². The van der Waals surface area contributed by atoms with Gasteiger partial charge in [-0.25, -0.2) is 0 Å². The summed E-state index contributed by atoms with van der Waals surface area (Å²) < 4.78 is 2.24. The molecule has 3 heteroatoms. The van der Waals surface area contributed by atoms with E-state index in [0.717, 1.165) is 0 Å². The first kappa shape index (κ1) is 8.47. The molecule has 0 unspecified atom stereocenters. The van der Waals surface area contributed by atoms with Gasteiger partial charge in [-0.05, 0) is 20.0 Å². The summed E-state index contributed by atoms with van der Waals surface area (Å²) >= 11 is 5.65. The van der Waals surface area contributed by atoms with Gasteiger partial charge >= 0.3 is 0 Å². The van der Waals surface area contributed by atoms with Crippen LogP contribution in [0.1, 0.15) is 19.8 Å². The van der Waals surface area contributed by atoms with Crippen molar-refractivity contribution < 1.29 is 0 Å². The van der Waals surface area contributed by atoms with Crippen molar-refractivity contribution in [2.45, 2.75) is 19.8 Å². The molecule has 8 heavy (non-hydrogen) atoms. The number of nitrogens with zero attached hydrogens (tertiary/aromatic N) is 1. The summed E-state index contributed by atoms with van der Waals surface area (Å²) in [6.07, 6.45) is 2.56. The molecule has 0 saturated heterocycles. The quantitative estimate of drug-likeness (QED) is 0.428. The van der Waals surface area contributed by atoms with Gasteiger partial charge in [0.05, 0.1) is 0 Å². The number of hydrogen-bond donors (Lipinski definition) is 0. The van der Waals surface area contributed by atoms with E-state index >= 15 is 0 Å². The van der Waals surface area contributed by atoms with E-state index in [4.69, 9.17) is 11.1 Å². The van der Waals surface area contributed by atoms with Crippen molar-refractivity contribution in [2.24, 2.45) is 0 Å². The number of rotatable bonds is 4. The molecule has 0 bridgehead atoms. The lowest BCUT2D eigenvalue weighted by Gasteiger charge is -2.09. The average Bonchev–Trinajstić information content (AvgIpc) is 1.83. The molecule has 0 fully saturated rings. The molecule has 0 spiro atoms. The van der Waals surface area contributed by atoms with Gasteiger partial charge in [-0.15, -0.1) is 0 Å². The molecular formula is C5H14ClNSi. The molecule has 0 aliphatic carbocycles. The maximum absolute atomic E-state index is 5.65. The number of unbranched alkanes of at least 4 members (excludes halogenated alkanes) is 1. The van der Waals surface area contributed by atoms with Crippen molar-refractivity contribution in [1.82, 2.24) is 4.57 Å². The Morgan fingerprint density at radius 2 is 2.25 bits per heavy atom. The molecule has 0 rings (SSSR count). The Morgan fingerprint density at radius 1 is 1.62 bits per heavy atom. The first-order chi connectivity index (χ1) is 3.81. The minimum absolute atomic E-state index is 0.376. The number of hydrogen-bond acceptors (Lipinski definition) is 1. The van der Waals surface area contributed by atoms with E-state index < -0.39 is 0 Å². The van der Waals surface area contributed by atoms with E-state index in [1.807, 2.05) is 0 Å². The highest BCUT2D eigenvalue weighted by molar-refractivity contribution is 6.91. The predicted octanol–water partition coefficient (Wildman–Crippen LogP) is 0.956. The molecule has 0 aromatic heterocycles. The maximum Gasteiger partial charge on any atom is 0.197 e. The topological polar surface area (TPSA) is 3.24 Å². The molecule has 0 heterocycles. The second-order valence-corrected chi connectivity index (χ2v) is 4.09. The molecule has 0 aliphatic rings. The van der Waals surface area contributed by atoms with E-state index in [2.05, 4.69) is 18.5 Å². The van der Waals surface area contributed by atoms with Crippen LogP contribution in [0.3, 0.4) is 0 Å². The third-order valence-electron chi connectivity index (χ3n) is 1.10. The lowest BCUT2D eigenvalue weighted by molar-refractivity contribution is 0.517. The van der Waals surface area contributed by atoms with Gasteiger partial charge in [0, 0.05) is 0 Å². The fraction of sp³-hybridized carbons (Fsp3) is 1.00. The average molecular weight is 152 g/mol. The summed E-state index contributed by atoms with van der Waals surface area (Å²) in [5.41, 5.74) is 0. The van der Waals surface area contributed by atoms with Crippen molar-refractivity contribution in [3.05, 3.63) is 0 Å². The third kappa shape index (κ3) is 4.62. The van der Waals surface area contributed by atoms with Gasteiger partial charge in [0.15, 0.2) is 8.99 Å². The standard InChI is InChI=1S/C5H14ClNSi/c1-3-4-5-7(2)8-6/h3-5,8H2,1-2H3. The van der Waals surface area contributed by atoms with Gasteiger partial charge < -0.3 is 4.57 Å². The van der Waals surface area contributed by atoms with Crippen LogP contribution in [0.25, 0.3) is 0 Å². The minimum Gasteiger partial charge on any atom is -0.319 e. The molecule has 1 nitrogen and oxygen atoms in total. The zero-order valence-corrected chi connectivity index (χ0v) is 7.82. The van der Waals surface area contributed by atoms with Crippen LogP contribution in [-0.2, 0) is 0 Å². The molecule has 0 aromatic rings. The van der Waals surface area contributed by atoms with E-state index in [0.29, 0.717) is 0 Å². The summed E-state index contributed by atoms with van der Waals surface area (Å²) in [5.74, 6) is 0. The summed E-state index contributed by atoms with van der Waals surface area (Å²) in [5, 5.41) is 0. The fourth-order valence-electron chi connectivity index (χ4n) is 0.488. The van der Waals surface area contributed by atoms with Gasteiger partial charge in [-0.3, -0.25) is 0 Å². The van der Waals surface area contributed by atoms with E-state index in [1.165, 1.54) is 19.4 Å². The van der Waals surface area contributed by atoms with E-state index in [1.54, 1.807) is 0 Å². The molecule has 50 valence electrons. The second kappa shape index (κ2) is 5.60. The van der Waals surface area contributed by atoms with Gasteiger partial charge in [-0.1, -0.05) is 13.3 Å². The van der Waals surface area contributed by atoms with Crippen molar-refractivity contribution in [3.8, 4) is 0 Å². The van der Waals surface area contributed by atoms with Crippen molar-refractivity contribution >= 4 is 20.1 Å². The summed E-state index contributed by atoms with van der Waals surface area (Å²) in [6.45, 7) is 3.38.